The average Bonchev–Trinajstić information content (AvgIpc) is 2.81. The lowest BCUT2D eigenvalue weighted by Crippen LogP contribution is -2.39. The van der Waals surface area contributed by atoms with E-state index in [1.165, 1.54) is 30.9 Å². The van der Waals surface area contributed by atoms with Crippen molar-refractivity contribution in [2.24, 2.45) is 5.92 Å². The second kappa shape index (κ2) is 9.20. The minimum Gasteiger partial charge on any atom is -0.381 e. The predicted molar refractivity (Wildman–Crippen MR) is 76.9 cm³/mol. The van der Waals surface area contributed by atoms with E-state index in [-0.39, 0.29) is 0 Å². The first-order chi connectivity index (χ1) is 8.24. The van der Waals surface area contributed by atoms with E-state index in [4.69, 9.17) is 4.74 Å². The Labute approximate surface area is 111 Å². The SMILES string of the molecule is CCCNC(CSCCN(C)C)C1CCOC1. The van der Waals surface area contributed by atoms with Crippen molar-refractivity contribution in [1.29, 1.82) is 0 Å². The Morgan fingerprint density at radius 1 is 1.47 bits per heavy atom. The summed E-state index contributed by atoms with van der Waals surface area (Å²) in [6.07, 6.45) is 2.45. The standard InChI is InChI=1S/C13H28N2OS/c1-4-6-14-13(12-5-8-16-10-12)11-17-9-7-15(2)3/h12-14H,4-11H2,1-3H3. The average molecular weight is 260 g/mol. The fourth-order valence-electron chi connectivity index (χ4n) is 2.02. The molecule has 0 amide bonds. The number of rotatable bonds is 9. The minimum absolute atomic E-state index is 0.643. The molecular formula is C13H28N2OS. The molecule has 1 aliphatic rings. The second-order valence-corrected chi connectivity index (χ2v) is 6.21. The Bertz CT molecular complexity index is 184. The molecule has 0 radical (unpaired) electrons. The molecule has 3 nitrogen and oxygen atoms in total. The molecule has 0 bridgehead atoms. The molecular weight excluding hydrogens is 232 g/mol. The summed E-state index contributed by atoms with van der Waals surface area (Å²) in [5, 5.41) is 3.69. The molecule has 0 aliphatic carbocycles. The Hall–Kier alpha value is 0.230. The zero-order valence-electron chi connectivity index (χ0n) is 11.6. The normalized spacial score (nSPS) is 22.2. The van der Waals surface area contributed by atoms with Gasteiger partial charge in [0.05, 0.1) is 6.61 Å². The van der Waals surface area contributed by atoms with Gasteiger partial charge in [0.25, 0.3) is 0 Å². The molecule has 1 heterocycles. The number of ether oxygens (including phenoxy) is 1. The van der Waals surface area contributed by atoms with Gasteiger partial charge < -0.3 is 15.0 Å². The summed E-state index contributed by atoms with van der Waals surface area (Å²) in [5.41, 5.74) is 0. The van der Waals surface area contributed by atoms with Crippen LogP contribution in [-0.4, -0.2) is 62.8 Å². The van der Waals surface area contributed by atoms with Crippen molar-refractivity contribution in [1.82, 2.24) is 10.2 Å². The van der Waals surface area contributed by atoms with Crippen LogP contribution < -0.4 is 5.32 Å². The zero-order valence-corrected chi connectivity index (χ0v) is 12.4. The van der Waals surface area contributed by atoms with E-state index in [0.717, 1.165) is 25.7 Å². The molecule has 1 saturated heterocycles. The highest BCUT2D eigenvalue weighted by atomic mass is 32.2. The first kappa shape index (κ1) is 15.3. The van der Waals surface area contributed by atoms with Crippen LogP contribution in [0, 0.1) is 5.92 Å². The molecule has 2 atom stereocenters. The Balaban J connectivity index is 2.20. The van der Waals surface area contributed by atoms with Gasteiger partial charge in [0.15, 0.2) is 0 Å². The van der Waals surface area contributed by atoms with E-state index in [2.05, 4.69) is 43.0 Å². The van der Waals surface area contributed by atoms with Crippen LogP contribution >= 0.6 is 11.8 Å². The lowest BCUT2D eigenvalue weighted by atomic mass is 10.0. The van der Waals surface area contributed by atoms with Crippen LogP contribution in [-0.2, 0) is 4.74 Å². The van der Waals surface area contributed by atoms with Crippen LogP contribution in [0.1, 0.15) is 19.8 Å². The summed E-state index contributed by atoms with van der Waals surface area (Å²) in [6, 6.07) is 0.643. The van der Waals surface area contributed by atoms with Crippen LogP contribution in [0.3, 0.4) is 0 Å². The van der Waals surface area contributed by atoms with Gasteiger partial charge in [-0.15, -0.1) is 0 Å². The summed E-state index contributed by atoms with van der Waals surface area (Å²) >= 11 is 2.07. The largest absolute Gasteiger partial charge is 0.381 e. The third kappa shape index (κ3) is 6.65. The summed E-state index contributed by atoms with van der Waals surface area (Å²) < 4.78 is 5.51. The summed E-state index contributed by atoms with van der Waals surface area (Å²) in [6.45, 7) is 6.45. The van der Waals surface area contributed by atoms with Gasteiger partial charge in [-0.1, -0.05) is 6.92 Å². The highest BCUT2D eigenvalue weighted by Gasteiger charge is 2.24. The predicted octanol–water partition coefficient (Wildman–Crippen LogP) is 1.69. The third-order valence-electron chi connectivity index (χ3n) is 3.17. The van der Waals surface area contributed by atoms with Crippen molar-refractivity contribution >= 4 is 11.8 Å². The first-order valence-corrected chi connectivity index (χ1v) is 7.93. The maximum absolute atomic E-state index is 5.51. The van der Waals surface area contributed by atoms with E-state index < -0.39 is 0 Å². The molecule has 0 aromatic rings. The molecule has 1 rings (SSSR count). The van der Waals surface area contributed by atoms with Crippen LogP contribution in [0.5, 0.6) is 0 Å². The van der Waals surface area contributed by atoms with Crippen LogP contribution in [0.2, 0.25) is 0 Å². The summed E-state index contributed by atoms with van der Waals surface area (Å²) in [4.78, 5) is 2.25. The molecule has 102 valence electrons. The maximum atomic E-state index is 5.51. The number of hydrogen-bond donors (Lipinski definition) is 1. The molecule has 1 aliphatic heterocycles. The lowest BCUT2D eigenvalue weighted by Gasteiger charge is -2.23. The van der Waals surface area contributed by atoms with E-state index in [1.54, 1.807) is 0 Å². The zero-order chi connectivity index (χ0) is 12.5. The van der Waals surface area contributed by atoms with Gasteiger partial charge in [-0.3, -0.25) is 0 Å². The fourth-order valence-corrected chi connectivity index (χ4v) is 3.32. The lowest BCUT2D eigenvalue weighted by molar-refractivity contribution is 0.179. The molecule has 0 aromatic carbocycles. The van der Waals surface area contributed by atoms with Gasteiger partial charge in [0.1, 0.15) is 0 Å². The molecule has 0 aromatic heterocycles. The molecule has 1 fully saturated rings. The number of nitrogens with one attached hydrogen (secondary N) is 1. The summed E-state index contributed by atoms with van der Waals surface area (Å²) in [5.74, 6) is 3.18. The second-order valence-electron chi connectivity index (χ2n) is 5.06. The molecule has 0 saturated carbocycles. The Kier molecular flexibility index (Phi) is 8.27. The van der Waals surface area contributed by atoms with E-state index in [9.17, 15) is 0 Å². The van der Waals surface area contributed by atoms with Gasteiger partial charge in [-0.2, -0.15) is 11.8 Å². The summed E-state index contributed by atoms with van der Waals surface area (Å²) in [7, 11) is 4.27. The molecule has 17 heavy (non-hydrogen) atoms. The molecule has 0 spiro atoms. The van der Waals surface area contributed by atoms with Crippen molar-refractivity contribution < 1.29 is 4.74 Å². The van der Waals surface area contributed by atoms with Gasteiger partial charge in [0.2, 0.25) is 0 Å². The van der Waals surface area contributed by atoms with Gasteiger partial charge in [-0.25, -0.2) is 0 Å². The van der Waals surface area contributed by atoms with E-state index in [1.807, 2.05) is 0 Å². The Morgan fingerprint density at radius 3 is 2.88 bits per heavy atom. The van der Waals surface area contributed by atoms with Crippen molar-refractivity contribution in [2.75, 3.05) is 51.9 Å². The van der Waals surface area contributed by atoms with Crippen molar-refractivity contribution in [3.63, 3.8) is 0 Å². The molecule has 4 heteroatoms. The van der Waals surface area contributed by atoms with Crippen LogP contribution in [0.15, 0.2) is 0 Å². The number of thioether (sulfide) groups is 1. The highest BCUT2D eigenvalue weighted by molar-refractivity contribution is 7.99. The third-order valence-corrected chi connectivity index (χ3v) is 4.24. The van der Waals surface area contributed by atoms with Gasteiger partial charge >= 0.3 is 0 Å². The Morgan fingerprint density at radius 2 is 2.29 bits per heavy atom. The van der Waals surface area contributed by atoms with Crippen LogP contribution in [0.4, 0.5) is 0 Å². The smallest absolute Gasteiger partial charge is 0.0510 e. The first-order valence-electron chi connectivity index (χ1n) is 6.77. The highest BCUT2D eigenvalue weighted by Crippen LogP contribution is 2.20. The fraction of sp³-hybridized carbons (Fsp3) is 1.00. The quantitative estimate of drug-likeness (QED) is 0.638. The van der Waals surface area contributed by atoms with Crippen molar-refractivity contribution in [2.45, 2.75) is 25.8 Å². The van der Waals surface area contributed by atoms with Gasteiger partial charge in [-0.05, 0) is 33.5 Å². The topological polar surface area (TPSA) is 24.5 Å². The monoisotopic (exact) mass is 260 g/mol. The van der Waals surface area contributed by atoms with E-state index >= 15 is 0 Å². The number of hydrogen-bond acceptors (Lipinski definition) is 4. The van der Waals surface area contributed by atoms with E-state index in [0.29, 0.717) is 6.04 Å². The molecule has 2 unspecified atom stereocenters. The van der Waals surface area contributed by atoms with Gasteiger partial charge in [0, 0.05) is 36.6 Å². The van der Waals surface area contributed by atoms with Crippen molar-refractivity contribution in [3.8, 4) is 0 Å². The van der Waals surface area contributed by atoms with Crippen LogP contribution in [0.25, 0.3) is 0 Å². The number of nitrogens with zero attached hydrogens (tertiary/aromatic N) is 1. The maximum Gasteiger partial charge on any atom is 0.0510 e. The molecule has 1 N–H and O–H groups in total. The minimum atomic E-state index is 0.643. The van der Waals surface area contributed by atoms with Crippen molar-refractivity contribution in [3.05, 3.63) is 0 Å².